The Morgan fingerprint density at radius 1 is 1.07 bits per heavy atom. The molecule has 0 atom stereocenters. The third-order valence-electron chi connectivity index (χ3n) is 5.21. The number of piperazine rings is 1. The molecule has 0 bridgehead atoms. The van der Waals surface area contributed by atoms with E-state index >= 15 is 0 Å². The normalized spacial score (nSPS) is 16.9. The van der Waals surface area contributed by atoms with Crippen LogP contribution in [0.2, 0.25) is 0 Å². The summed E-state index contributed by atoms with van der Waals surface area (Å²) in [4.78, 5) is 53.7. The lowest BCUT2D eigenvalue weighted by molar-refractivity contribution is -0.122. The zero-order valence-electron chi connectivity index (χ0n) is 16.8. The molecule has 156 valence electrons. The fourth-order valence-electron chi connectivity index (χ4n) is 3.49. The number of hydrogen-bond acceptors (Lipinski definition) is 6. The van der Waals surface area contributed by atoms with Crippen molar-refractivity contribution in [3.8, 4) is 0 Å². The molecule has 3 rings (SSSR count). The fourth-order valence-corrected chi connectivity index (χ4v) is 3.49. The molecule has 9 heteroatoms. The molecule has 2 aliphatic heterocycles. The third-order valence-corrected chi connectivity index (χ3v) is 5.21. The summed E-state index contributed by atoms with van der Waals surface area (Å²) in [7, 11) is 3.06. The molecule has 0 aliphatic carbocycles. The maximum atomic E-state index is 12.8. The van der Waals surface area contributed by atoms with Crippen molar-refractivity contribution in [3.63, 3.8) is 0 Å². The van der Waals surface area contributed by atoms with Crippen LogP contribution in [0, 0.1) is 0 Å². The Morgan fingerprint density at radius 2 is 1.76 bits per heavy atom. The van der Waals surface area contributed by atoms with Gasteiger partial charge in [0, 0.05) is 59.1 Å². The van der Waals surface area contributed by atoms with Gasteiger partial charge >= 0.3 is 0 Å². The molecular formula is C20H26N4O5. The van der Waals surface area contributed by atoms with Gasteiger partial charge in [-0.05, 0) is 24.6 Å². The number of fused-ring (bicyclic) bond motifs is 1. The minimum absolute atomic E-state index is 0.0354. The van der Waals surface area contributed by atoms with E-state index in [1.165, 1.54) is 19.2 Å². The van der Waals surface area contributed by atoms with Crippen LogP contribution in [-0.2, 0) is 9.53 Å². The Bertz CT molecular complexity index is 817. The van der Waals surface area contributed by atoms with Crippen LogP contribution < -0.4 is 5.32 Å². The van der Waals surface area contributed by atoms with Crippen molar-refractivity contribution in [2.45, 2.75) is 6.42 Å². The maximum absolute atomic E-state index is 12.8. The highest BCUT2D eigenvalue weighted by Crippen LogP contribution is 2.23. The van der Waals surface area contributed by atoms with Gasteiger partial charge in [0.2, 0.25) is 5.91 Å². The molecule has 29 heavy (non-hydrogen) atoms. The van der Waals surface area contributed by atoms with Crippen LogP contribution in [0.4, 0.5) is 0 Å². The van der Waals surface area contributed by atoms with Crippen molar-refractivity contribution in [1.82, 2.24) is 20.0 Å². The van der Waals surface area contributed by atoms with E-state index in [1.807, 2.05) is 4.90 Å². The van der Waals surface area contributed by atoms with Crippen LogP contribution in [0.3, 0.4) is 0 Å². The van der Waals surface area contributed by atoms with Crippen LogP contribution >= 0.6 is 0 Å². The second-order valence-corrected chi connectivity index (χ2v) is 7.19. The number of rotatable bonds is 7. The fraction of sp³-hybridized carbons (Fsp3) is 0.500. The lowest BCUT2D eigenvalue weighted by Crippen LogP contribution is -2.51. The summed E-state index contributed by atoms with van der Waals surface area (Å²) in [5, 5.41) is 2.86. The SMILES string of the molecule is COCCCNC(=O)CN1CCN(C(=O)c2ccc3c(c2)C(=O)N(C)C3=O)CC1. The quantitative estimate of drug-likeness (QED) is 0.502. The first-order valence-corrected chi connectivity index (χ1v) is 9.66. The van der Waals surface area contributed by atoms with E-state index in [1.54, 1.807) is 18.1 Å². The molecule has 4 amide bonds. The second kappa shape index (κ2) is 9.15. The summed E-state index contributed by atoms with van der Waals surface area (Å²) in [5.74, 6) is -0.947. The number of benzene rings is 1. The van der Waals surface area contributed by atoms with Crippen LogP contribution in [-0.4, -0.2) is 98.4 Å². The van der Waals surface area contributed by atoms with Crippen molar-refractivity contribution in [2.24, 2.45) is 0 Å². The van der Waals surface area contributed by atoms with E-state index in [-0.39, 0.29) is 29.2 Å². The number of ether oxygens (including phenoxy) is 1. The van der Waals surface area contributed by atoms with Crippen molar-refractivity contribution >= 4 is 23.6 Å². The van der Waals surface area contributed by atoms with Crippen molar-refractivity contribution in [2.75, 3.05) is 60.0 Å². The molecule has 2 aliphatic rings. The van der Waals surface area contributed by atoms with Gasteiger partial charge in [-0.25, -0.2) is 0 Å². The van der Waals surface area contributed by atoms with Gasteiger partial charge in [-0.2, -0.15) is 0 Å². The van der Waals surface area contributed by atoms with Gasteiger partial charge in [0.25, 0.3) is 17.7 Å². The number of amides is 4. The van der Waals surface area contributed by atoms with Crippen LogP contribution in [0.25, 0.3) is 0 Å². The maximum Gasteiger partial charge on any atom is 0.261 e. The Morgan fingerprint density at radius 3 is 2.45 bits per heavy atom. The zero-order valence-corrected chi connectivity index (χ0v) is 16.8. The lowest BCUT2D eigenvalue weighted by Gasteiger charge is -2.34. The van der Waals surface area contributed by atoms with Gasteiger partial charge in [0.1, 0.15) is 0 Å². The Labute approximate surface area is 169 Å². The number of nitrogens with zero attached hydrogens (tertiary/aromatic N) is 3. The molecule has 1 saturated heterocycles. The zero-order chi connectivity index (χ0) is 21.0. The molecule has 1 aromatic rings. The molecule has 1 fully saturated rings. The van der Waals surface area contributed by atoms with Gasteiger partial charge in [-0.15, -0.1) is 0 Å². The molecule has 0 spiro atoms. The molecule has 0 saturated carbocycles. The van der Waals surface area contributed by atoms with E-state index in [0.29, 0.717) is 57.0 Å². The van der Waals surface area contributed by atoms with Crippen LogP contribution in [0.1, 0.15) is 37.5 Å². The molecule has 0 radical (unpaired) electrons. The highest BCUT2D eigenvalue weighted by atomic mass is 16.5. The highest BCUT2D eigenvalue weighted by Gasteiger charge is 2.34. The molecule has 0 aromatic heterocycles. The van der Waals surface area contributed by atoms with E-state index in [2.05, 4.69) is 5.32 Å². The van der Waals surface area contributed by atoms with Crippen LogP contribution in [0.15, 0.2) is 18.2 Å². The molecule has 2 heterocycles. The summed E-state index contributed by atoms with van der Waals surface area (Å²) in [5.41, 5.74) is 0.993. The monoisotopic (exact) mass is 402 g/mol. The first-order chi connectivity index (χ1) is 13.9. The van der Waals surface area contributed by atoms with Crippen molar-refractivity contribution < 1.29 is 23.9 Å². The Kier molecular flexibility index (Phi) is 6.60. The standard InChI is InChI=1S/C20H26N4O5/c1-22-19(27)15-5-4-14(12-16(15)20(22)28)18(26)24-9-7-23(8-10-24)13-17(25)21-6-3-11-29-2/h4-5,12H,3,6-11,13H2,1-2H3,(H,21,25). The summed E-state index contributed by atoms with van der Waals surface area (Å²) >= 11 is 0. The van der Waals surface area contributed by atoms with Gasteiger partial charge < -0.3 is 15.0 Å². The van der Waals surface area contributed by atoms with Crippen molar-refractivity contribution in [3.05, 3.63) is 34.9 Å². The summed E-state index contributed by atoms with van der Waals surface area (Å²) in [6, 6.07) is 4.63. The average molecular weight is 402 g/mol. The van der Waals surface area contributed by atoms with Gasteiger partial charge in [0.05, 0.1) is 17.7 Å². The first-order valence-electron chi connectivity index (χ1n) is 9.66. The number of imide groups is 1. The van der Waals surface area contributed by atoms with Gasteiger partial charge in [-0.1, -0.05) is 0 Å². The molecule has 1 aromatic carbocycles. The minimum atomic E-state index is -0.388. The highest BCUT2D eigenvalue weighted by molar-refractivity contribution is 6.21. The smallest absolute Gasteiger partial charge is 0.261 e. The Balaban J connectivity index is 1.51. The molecular weight excluding hydrogens is 376 g/mol. The lowest BCUT2D eigenvalue weighted by atomic mass is 10.0. The Hall–Kier alpha value is -2.78. The topological polar surface area (TPSA) is 99.3 Å². The average Bonchev–Trinajstić information content (AvgIpc) is 2.95. The predicted octanol–water partition coefficient (Wildman–Crippen LogP) is -0.177. The number of nitrogens with one attached hydrogen (secondary N) is 1. The summed E-state index contributed by atoms with van der Waals surface area (Å²) in [6.07, 6.45) is 0.773. The molecule has 9 nitrogen and oxygen atoms in total. The molecule has 1 N–H and O–H groups in total. The summed E-state index contributed by atoms with van der Waals surface area (Å²) < 4.78 is 4.95. The number of hydrogen-bond donors (Lipinski definition) is 1. The van der Waals surface area contributed by atoms with Crippen molar-refractivity contribution in [1.29, 1.82) is 0 Å². The van der Waals surface area contributed by atoms with E-state index in [4.69, 9.17) is 4.74 Å². The second-order valence-electron chi connectivity index (χ2n) is 7.19. The van der Waals surface area contributed by atoms with E-state index in [9.17, 15) is 19.2 Å². The molecule has 0 unspecified atom stereocenters. The minimum Gasteiger partial charge on any atom is -0.385 e. The third kappa shape index (κ3) is 4.63. The van der Waals surface area contributed by atoms with Gasteiger partial charge in [0.15, 0.2) is 0 Å². The van der Waals surface area contributed by atoms with E-state index in [0.717, 1.165) is 11.3 Å². The largest absolute Gasteiger partial charge is 0.385 e. The number of carbonyl (C=O) groups excluding carboxylic acids is 4. The van der Waals surface area contributed by atoms with E-state index < -0.39 is 0 Å². The number of methoxy groups -OCH3 is 1. The van der Waals surface area contributed by atoms with Gasteiger partial charge in [-0.3, -0.25) is 29.0 Å². The predicted molar refractivity (Wildman–Crippen MR) is 105 cm³/mol. The number of carbonyl (C=O) groups is 4. The first kappa shape index (κ1) is 20.9. The van der Waals surface area contributed by atoms with Crippen LogP contribution in [0.5, 0.6) is 0 Å². The summed E-state index contributed by atoms with van der Waals surface area (Å²) in [6.45, 7) is 3.69.